The Morgan fingerprint density at radius 3 is 2.59 bits per heavy atom. The van der Waals surface area contributed by atoms with E-state index in [0.29, 0.717) is 24.5 Å². The molecule has 0 aromatic carbocycles. The van der Waals surface area contributed by atoms with E-state index in [9.17, 15) is 4.79 Å². The third-order valence-electron chi connectivity index (χ3n) is 4.13. The molecule has 2 aliphatic rings. The molecule has 0 aliphatic carbocycles. The Bertz CT molecular complexity index is 255. The summed E-state index contributed by atoms with van der Waals surface area (Å²) >= 11 is 0. The summed E-state index contributed by atoms with van der Waals surface area (Å²) in [5.74, 6) is 0.181. The largest absolute Gasteiger partial charge is 0.356 e. The summed E-state index contributed by atoms with van der Waals surface area (Å²) in [7, 11) is 0. The molecule has 0 radical (unpaired) electrons. The summed E-state index contributed by atoms with van der Waals surface area (Å²) < 4.78 is 0. The molecule has 0 aromatic heterocycles. The second kappa shape index (κ2) is 5.83. The lowest BCUT2D eigenvalue weighted by atomic mass is 9.82. The highest BCUT2D eigenvalue weighted by molar-refractivity contribution is 5.75. The minimum absolute atomic E-state index is 0.181. The summed E-state index contributed by atoms with van der Waals surface area (Å²) in [5.41, 5.74) is 6.08. The van der Waals surface area contributed by atoms with Crippen LogP contribution in [-0.4, -0.2) is 42.0 Å². The van der Waals surface area contributed by atoms with Crippen LogP contribution in [0, 0.1) is 0 Å². The van der Waals surface area contributed by atoms with Gasteiger partial charge in [-0.3, -0.25) is 9.69 Å². The normalized spacial score (nSPS) is 33.4. The van der Waals surface area contributed by atoms with Crippen LogP contribution in [0.1, 0.15) is 45.4 Å². The van der Waals surface area contributed by atoms with Crippen LogP contribution in [0.2, 0.25) is 0 Å². The first-order valence-corrected chi connectivity index (χ1v) is 6.98. The predicted molar refractivity (Wildman–Crippen MR) is 68.6 cm³/mol. The van der Waals surface area contributed by atoms with E-state index >= 15 is 0 Å². The lowest BCUT2D eigenvalue weighted by Crippen LogP contribution is -2.55. The summed E-state index contributed by atoms with van der Waals surface area (Å²) in [6.45, 7) is 3.61. The number of nitrogens with one attached hydrogen (secondary N) is 1. The third kappa shape index (κ3) is 3.19. The number of nitrogens with two attached hydrogens (primary N) is 1. The van der Waals surface area contributed by atoms with Gasteiger partial charge in [0.05, 0.1) is 0 Å². The zero-order chi connectivity index (χ0) is 12.3. The molecule has 2 bridgehead atoms. The molecule has 0 saturated carbocycles. The fourth-order valence-corrected chi connectivity index (χ4v) is 3.40. The van der Waals surface area contributed by atoms with Gasteiger partial charge in [0.2, 0.25) is 5.91 Å². The van der Waals surface area contributed by atoms with Gasteiger partial charge in [-0.15, -0.1) is 0 Å². The van der Waals surface area contributed by atoms with Crippen molar-refractivity contribution in [2.75, 3.05) is 13.1 Å². The molecule has 3 N–H and O–H groups in total. The van der Waals surface area contributed by atoms with Crippen molar-refractivity contribution in [3.63, 3.8) is 0 Å². The molecule has 0 aromatic rings. The number of nitrogens with zero attached hydrogens (tertiary/aromatic N) is 1. The van der Waals surface area contributed by atoms with Crippen LogP contribution in [-0.2, 0) is 4.79 Å². The predicted octanol–water partition coefficient (Wildman–Crippen LogP) is 0.857. The fraction of sp³-hybridized carbons (Fsp3) is 0.923. The zero-order valence-electron chi connectivity index (χ0n) is 10.8. The van der Waals surface area contributed by atoms with E-state index in [-0.39, 0.29) is 5.91 Å². The van der Waals surface area contributed by atoms with E-state index in [1.807, 2.05) is 6.92 Å². The SMILES string of the molecule is CCNC(=O)CCN1C2CCCC1CC(N)C2. The van der Waals surface area contributed by atoms with E-state index in [1.54, 1.807) is 0 Å². The van der Waals surface area contributed by atoms with Gasteiger partial charge in [0.1, 0.15) is 0 Å². The van der Waals surface area contributed by atoms with Crippen molar-refractivity contribution in [3.8, 4) is 0 Å². The van der Waals surface area contributed by atoms with Crippen LogP contribution in [0.3, 0.4) is 0 Å². The molecule has 1 amide bonds. The number of carbonyl (C=O) groups excluding carboxylic acids is 1. The first-order valence-electron chi connectivity index (χ1n) is 6.98. The summed E-state index contributed by atoms with van der Waals surface area (Å²) in [5, 5.41) is 2.87. The third-order valence-corrected chi connectivity index (χ3v) is 4.13. The van der Waals surface area contributed by atoms with Crippen LogP contribution < -0.4 is 11.1 Å². The molecular weight excluding hydrogens is 214 g/mol. The lowest BCUT2D eigenvalue weighted by Gasteiger charge is -2.48. The molecule has 2 rings (SSSR count). The molecule has 2 atom stereocenters. The minimum Gasteiger partial charge on any atom is -0.356 e. The Balaban J connectivity index is 1.85. The average Bonchev–Trinajstić information content (AvgIpc) is 2.26. The summed E-state index contributed by atoms with van der Waals surface area (Å²) in [6.07, 6.45) is 6.73. The Morgan fingerprint density at radius 1 is 1.35 bits per heavy atom. The molecule has 17 heavy (non-hydrogen) atoms. The number of piperidine rings is 2. The van der Waals surface area contributed by atoms with Crippen molar-refractivity contribution < 1.29 is 4.79 Å². The molecule has 2 unspecified atom stereocenters. The van der Waals surface area contributed by atoms with E-state index < -0.39 is 0 Å². The number of fused-ring (bicyclic) bond motifs is 2. The van der Waals surface area contributed by atoms with E-state index in [4.69, 9.17) is 5.73 Å². The second-order valence-electron chi connectivity index (χ2n) is 5.41. The standard InChI is InChI=1S/C13H25N3O/c1-2-15-13(17)6-7-16-11-4-3-5-12(16)9-10(14)8-11/h10-12H,2-9,14H2,1H3,(H,15,17). The topological polar surface area (TPSA) is 58.4 Å². The quantitative estimate of drug-likeness (QED) is 0.765. The number of amides is 1. The molecular formula is C13H25N3O. The van der Waals surface area contributed by atoms with Crippen molar-refractivity contribution in [2.45, 2.75) is 63.6 Å². The first-order chi connectivity index (χ1) is 8.20. The number of rotatable bonds is 4. The molecule has 4 nitrogen and oxygen atoms in total. The number of hydrogen-bond acceptors (Lipinski definition) is 3. The van der Waals surface area contributed by atoms with Gasteiger partial charge >= 0.3 is 0 Å². The molecule has 2 fully saturated rings. The Morgan fingerprint density at radius 2 is 2.00 bits per heavy atom. The summed E-state index contributed by atoms with van der Waals surface area (Å²) in [4.78, 5) is 14.1. The van der Waals surface area contributed by atoms with Gasteiger partial charge in [0, 0.05) is 37.6 Å². The van der Waals surface area contributed by atoms with Crippen LogP contribution in [0.25, 0.3) is 0 Å². The molecule has 2 saturated heterocycles. The average molecular weight is 239 g/mol. The minimum atomic E-state index is 0.181. The van der Waals surface area contributed by atoms with Crippen LogP contribution in [0.4, 0.5) is 0 Å². The van der Waals surface area contributed by atoms with Crippen molar-refractivity contribution in [3.05, 3.63) is 0 Å². The zero-order valence-corrected chi connectivity index (χ0v) is 10.8. The maximum absolute atomic E-state index is 11.5. The van der Waals surface area contributed by atoms with Crippen molar-refractivity contribution in [2.24, 2.45) is 5.73 Å². The van der Waals surface area contributed by atoms with Crippen molar-refractivity contribution in [1.82, 2.24) is 10.2 Å². The van der Waals surface area contributed by atoms with Gasteiger partial charge in [-0.2, -0.15) is 0 Å². The number of carbonyl (C=O) groups is 1. The second-order valence-corrected chi connectivity index (χ2v) is 5.41. The van der Waals surface area contributed by atoms with Crippen LogP contribution in [0.5, 0.6) is 0 Å². The van der Waals surface area contributed by atoms with Crippen LogP contribution >= 0.6 is 0 Å². The van der Waals surface area contributed by atoms with Gasteiger partial charge in [0.15, 0.2) is 0 Å². The summed E-state index contributed by atoms with van der Waals surface area (Å²) in [6, 6.07) is 1.64. The Hall–Kier alpha value is -0.610. The molecule has 4 heteroatoms. The van der Waals surface area contributed by atoms with E-state index in [0.717, 1.165) is 25.9 Å². The fourth-order valence-electron chi connectivity index (χ4n) is 3.40. The number of hydrogen-bond donors (Lipinski definition) is 2. The highest BCUT2D eigenvalue weighted by Gasteiger charge is 2.36. The maximum atomic E-state index is 11.5. The van der Waals surface area contributed by atoms with Gasteiger partial charge < -0.3 is 11.1 Å². The molecule has 98 valence electrons. The smallest absolute Gasteiger partial charge is 0.221 e. The van der Waals surface area contributed by atoms with Gasteiger partial charge in [0.25, 0.3) is 0 Å². The Labute approximate surface area is 104 Å². The molecule has 2 heterocycles. The van der Waals surface area contributed by atoms with Crippen LogP contribution in [0.15, 0.2) is 0 Å². The van der Waals surface area contributed by atoms with E-state index in [2.05, 4.69) is 10.2 Å². The first kappa shape index (κ1) is 12.8. The molecule has 2 aliphatic heterocycles. The maximum Gasteiger partial charge on any atom is 0.221 e. The van der Waals surface area contributed by atoms with E-state index in [1.165, 1.54) is 19.3 Å². The Kier molecular flexibility index (Phi) is 4.40. The highest BCUT2D eigenvalue weighted by Crippen LogP contribution is 2.33. The van der Waals surface area contributed by atoms with Gasteiger partial charge in [-0.05, 0) is 32.6 Å². The molecule has 0 spiro atoms. The lowest BCUT2D eigenvalue weighted by molar-refractivity contribution is -0.121. The van der Waals surface area contributed by atoms with Crippen molar-refractivity contribution >= 4 is 5.91 Å². The highest BCUT2D eigenvalue weighted by atomic mass is 16.1. The van der Waals surface area contributed by atoms with Crippen molar-refractivity contribution in [1.29, 1.82) is 0 Å². The van der Waals surface area contributed by atoms with Gasteiger partial charge in [-0.1, -0.05) is 6.42 Å². The van der Waals surface area contributed by atoms with Gasteiger partial charge in [-0.25, -0.2) is 0 Å². The monoisotopic (exact) mass is 239 g/mol.